The van der Waals surface area contributed by atoms with E-state index in [-0.39, 0.29) is 36.8 Å². The van der Waals surface area contributed by atoms with Gasteiger partial charge in [0.05, 0.1) is 26.0 Å². The Morgan fingerprint density at radius 2 is 1.84 bits per heavy atom. The summed E-state index contributed by atoms with van der Waals surface area (Å²) in [6.45, 7) is 7.58. The summed E-state index contributed by atoms with van der Waals surface area (Å²) in [6, 6.07) is 4.32. The maximum Gasteiger partial charge on any atom is 0.241 e. The molecule has 0 unspecified atom stereocenters. The van der Waals surface area contributed by atoms with Crippen molar-refractivity contribution >= 4 is 21.9 Å². The molecule has 11 heteroatoms. The minimum Gasteiger partial charge on any atom is -0.497 e. The van der Waals surface area contributed by atoms with Gasteiger partial charge in [0.2, 0.25) is 21.9 Å². The third-order valence-electron chi connectivity index (χ3n) is 4.77. The van der Waals surface area contributed by atoms with Gasteiger partial charge in [-0.05, 0) is 29.4 Å². The van der Waals surface area contributed by atoms with Gasteiger partial charge in [0, 0.05) is 12.5 Å². The molecule has 0 aliphatic carbocycles. The zero-order chi connectivity index (χ0) is 24.1. The molecule has 0 saturated heterocycles. The first-order valence-corrected chi connectivity index (χ1v) is 12.2. The van der Waals surface area contributed by atoms with Crippen LogP contribution in [0.25, 0.3) is 0 Å². The fourth-order valence-corrected chi connectivity index (χ4v) is 3.79. The Hall–Kier alpha value is -2.53. The summed E-state index contributed by atoms with van der Waals surface area (Å²) >= 11 is 0. The molecule has 1 atom stereocenters. The van der Waals surface area contributed by atoms with Crippen LogP contribution in [-0.4, -0.2) is 54.5 Å². The molecule has 1 aromatic heterocycles. The van der Waals surface area contributed by atoms with Gasteiger partial charge in [-0.15, -0.1) is 0 Å². The topological polar surface area (TPSA) is 126 Å². The number of halogens is 1. The molecule has 0 radical (unpaired) electrons. The van der Waals surface area contributed by atoms with Crippen LogP contribution in [0.1, 0.15) is 45.5 Å². The van der Waals surface area contributed by atoms with Crippen LogP contribution in [0.2, 0.25) is 0 Å². The molecule has 0 bridgehead atoms. The van der Waals surface area contributed by atoms with Gasteiger partial charge in [-0.3, -0.25) is 4.72 Å². The lowest BCUT2D eigenvalue weighted by molar-refractivity contribution is 0.259. The number of hydrogen-bond acceptors (Lipinski definition) is 8. The maximum absolute atomic E-state index is 14.7. The molecule has 0 aliphatic rings. The minimum atomic E-state index is -3.63. The van der Waals surface area contributed by atoms with E-state index >= 15 is 0 Å². The van der Waals surface area contributed by atoms with Gasteiger partial charge >= 0.3 is 0 Å². The van der Waals surface area contributed by atoms with Crippen LogP contribution >= 0.6 is 0 Å². The number of nitrogens with one attached hydrogen (secondary N) is 2. The van der Waals surface area contributed by atoms with Gasteiger partial charge in [-0.25, -0.2) is 12.8 Å². The van der Waals surface area contributed by atoms with E-state index in [2.05, 4.69) is 25.0 Å². The van der Waals surface area contributed by atoms with E-state index in [1.54, 1.807) is 12.1 Å². The highest BCUT2D eigenvalue weighted by molar-refractivity contribution is 7.91. The predicted molar refractivity (Wildman–Crippen MR) is 122 cm³/mol. The third-order valence-corrected chi connectivity index (χ3v) is 5.33. The Morgan fingerprint density at radius 3 is 2.38 bits per heavy atom. The van der Waals surface area contributed by atoms with E-state index in [1.807, 2.05) is 27.7 Å². The van der Waals surface area contributed by atoms with Gasteiger partial charge in [-0.2, -0.15) is 15.0 Å². The molecule has 178 valence electrons. The van der Waals surface area contributed by atoms with E-state index in [1.165, 1.54) is 13.2 Å². The van der Waals surface area contributed by atoms with Crippen LogP contribution in [0.4, 0.5) is 16.3 Å². The van der Waals surface area contributed by atoms with Crippen LogP contribution in [0, 0.1) is 11.7 Å². The first-order chi connectivity index (χ1) is 14.8. The fourth-order valence-electron chi connectivity index (χ4n) is 3.37. The molecule has 1 heterocycles. The average molecular weight is 470 g/mol. The molecule has 9 nitrogen and oxygen atoms in total. The molecule has 0 saturated carbocycles. The van der Waals surface area contributed by atoms with Crippen molar-refractivity contribution in [2.24, 2.45) is 5.92 Å². The smallest absolute Gasteiger partial charge is 0.241 e. The van der Waals surface area contributed by atoms with Crippen LogP contribution < -0.4 is 14.8 Å². The summed E-state index contributed by atoms with van der Waals surface area (Å²) in [4.78, 5) is 12.8. The molecule has 1 aromatic carbocycles. The Kier molecular flexibility index (Phi) is 8.35. The first kappa shape index (κ1) is 25.7. The molecule has 2 rings (SSSR count). The quantitative estimate of drug-likeness (QED) is 0.459. The number of hydrogen-bond donors (Lipinski definition) is 3. The van der Waals surface area contributed by atoms with Crippen molar-refractivity contribution in [1.29, 1.82) is 0 Å². The number of aromatic nitrogens is 3. The molecular formula is C21H32FN5O4S. The van der Waals surface area contributed by atoms with E-state index in [0.717, 1.165) is 6.26 Å². The maximum atomic E-state index is 14.7. The number of anilines is 2. The van der Waals surface area contributed by atoms with Gasteiger partial charge in [-0.1, -0.05) is 33.8 Å². The lowest BCUT2D eigenvalue weighted by Crippen LogP contribution is -2.28. The van der Waals surface area contributed by atoms with Gasteiger partial charge in [0.15, 0.2) is 0 Å². The summed E-state index contributed by atoms with van der Waals surface area (Å²) in [5, 5.41) is 12.7. The van der Waals surface area contributed by atoms with Gasteiger partial charge in [0.25, 0.3) is 0 Å². The summed E-state index contributed by atoms with van der Waals surface area (Å²) in [5.41, 5.74) is -0.273. The van der Waals surface area contributed by atoms with E-state index in [9.17, 15) is 17.9 Å². The summed E-state index contributed by atoms with van der Waals surface area (Å²) in [7, 11) is -2.16. The molecule has 0 spiro atoms. The van der Waals surface area contributed by atoms with Crippen LogP contribution in [0.3, 0.4) is 0 Å². The van der Waals surface area contributed by atoms with Gasteiger partial charge in [0.1, 0.15) is 17.4 Å². The molecule has 2 aromatic rings. The largest absolute Gasteiger partial charge is 0.497 e. The predicted octanol–water partition coefficient (Wildman–Crippen LogP) is 2.73. The van der Waals surface area contributed by atoms with Crippen molar-refractivity contribution in [2.45, 2.75) is 52.0 Å². The van der Waals surface area contributed by atoms with Crippen LogP contribution in [0.15, 0.2) is 18.2 Å². The Labute approximate surface area is 188 Å². The number of methoxy groups -OCH3 is 1. The van der Waals surface area contributed by atoms with Crippen LogP contribution in [0.5, 0.6) is 5.75 Å². The summed E-state index contributed by atoms with van der Waals surface area (Å²) < 4.78 is 45.5. The van der Waals surface area contributed by atoms with Crippen molar-refractivity contribution in [3.8, 4) is 5.75 Å². The molecule has 3 N–H and O–H groups in total. The average Bonchev–Trinajstić information content (AvgIpc) is 2.64. The van der Waals surface area contributed by atoms with E-state index in [4.69, 9.17) is 4.74 Å². The van der Waals surface area contributed by atoms with Crippen molar-refractivity contribution in [3.05, 3.63) is 35.4 Å². The third kappa shape index (κ3) is 7.56. The standard InChI is InChI=1S/C21H32FN5O4S/c1-13(2)9-14(12-28)23-19-24-18(25-20(26-19)27-32(6,29)30)11-21(3,4)16-8-7-15(31-5)10-17(16)22/h7-8,10,13-14,28H,9,11-12H2,1-6H3,(H2,23,24,25,26,27)/t14-/m1/s1. The zero-order valence-electron chi connectivity index (χ0n) is 19.3. The monoisotopic (exact) mass is 469 g/mol. The highest BCUT2D eigenvalue weighted by Gasteiger charge is 2.27. The Bertz CT molecular complexity index is 1030. The summed E-state index contributed by atoms with van der Waals surface area (Å²) in [5.74, 6) is 0.558. The highest BCUT2D eigenvalue weighted by atomic mass is 32.2. The van der Waals surface area contributed by atoms with Crippen molar-refractivity contribution in [1.82, 2.24) is 15.0 Å². The number of aliphatic hydroxyl groups excluding tert-OH is 1. The second-order valence-corrected chi connectivity index (χ2v) is 10.6. The van der Waals surface area contributed by atoms with E-state index in [0.29, 0.717) is 23.7 Å². The number of rotatable bonds is 11. The number of sulfonamides is 1. The Balaban J connectivity index is 2.41. The highest BCUT2D eigenvalue weighted by Crippen LogP contribution is 2.31. The van der Waals surface area contributed by atoms with Crippen molar-refractivity contribution in [3.63, 3.8) is 0 Å². The Morgan fingerprint density at radius 1 is 1.19 bits per heavy atom. The number of benzene rings is 1. The van der Waals surface area contributed by atoms with Crippen molar-refractivity contribution < 1.29 is 22.7 Å². The molecule has 0 aliphatic heterocycles. The van der Waals surface area contributed by atoms with Crippen LogP contribution in [-0.2, 0) is 21.9 Å². The molecular weight excluding hydrogens is 437 g/mol. The number of ether oxygens (including phenoxy) is 1. The number of nitrogens with zero attached hydrogens (tertiary/aromatic N) is 3. The molecule has 0 amide bonds. The summed E-state index contributed by atoms with van der Waals surface area (Å²) in [6.07, 6.45) is 1.87. The SMILES string of the molecule is COc1ccc(C(C)(C)Cc2nc(N[C@@H](CO)CC(C)C)nc(NS(C)(=O)=O)n2)c(F)c1. The zero-order valence-corrected chi connectivity index (χ0v) is 20.1. The second kappa shape index (κ2) is 10.4. The van der Waals surface area contributed by atoms with Gasteiger partial charge < -0.3 is 15.2 Å². The lowest BCUT2D eigenvalue weighted by Gasteiger charge is -2.26. The normalized spacial score (nSPS) is 13.2. The molecule has 32 heavy (non-hydrogen) atoms. The lowest BCUT2D eigenvalue weighted by atomic mass is 9.81. The first-order valence-electron chi connectivity index (χ1n) is 10.3. The van der Waals surface area contributed by atoms with E-state index < -0.39 is 21.3 Å². The van der Waals surface area contributed by atoms with Crippen molar-refractivity contribution in [2.75, 3.05) is 30.0 Å². The molecule has 0 fully saturated rings. The second-order valence-electron chi connectivity index (χ2n) is 8.83. The minimum absolute atomic E-state index is 0.131. The fraction of sp³-hybridized carbons (Fsp3) is 0.571. The number of aliphatic hydroxyl groups is 1.